The normalized spacial score (nSPS) is 15.7. The number of halogens is 1. The molecule has 0 radical (unpaired) electrons. The van der Waals surface area contributed by atoms with Crippen LogP contribution in [0.1, 0.15) is 19.3 Å². The van der Waals surface area contributed by atoms with E-state index in [0.29, 0.717) is 12.8 Å². The van der Waals surface area contributed by atoms with Gasteiger partial charge in [0.15, 0.2) is 0 Å². The minimum atomic E-state index is -3.70. The van der Waals surface area contributed by atoms with Crippen molar-refractivity contribution in [3.8, 4) is 12.3 Å². The molecule has 2 amide bonds. The number of hydrogen-bond donors (Lipinski definition) is 2. The molecule has 0 saturated carbocycles. The Labute approximate surface area is 158 Å². The number of hydrogen-bond acceptors (Lipinski definition) is 4. The molecule has 1 aromatic rings. The smallest absolute Gasteiger partial charge is 0.243 e. The van der Waals surface area contributed by atoms with Gasteiger partial charge in [0.1, 0.15) is 5.82 Å². The molecule has 9 heteroatoms. The zero-order valence-electron chi connectivity index (χ0n) is 14.8. The Morgan fingerprint density at radius 3 is 2.41 bits per heavy atom. The Morgan fingerprint density at radius 2 is 1.81 bits per heavy atom. The van der Waals surface area contributed by atoms with Gasteiger partial charge in [0.2, 0.25) is 21.8 Å². The van der Waals surface area contributed by atoms with Crippen LogP contribution in [0.25, 0.3) is 0 Å². The van der Waals surface area contributed by atoms with E-state index in [-0.39, 0.29) is 55.2 Å². The van der Waals surface area contributed by atoms with E-state index < -0.39 is 15.8 Å². The summed E-state index contributed by atoms with van der Waals surface area (Å²) >= 11 is 0. The summed E-state index contributed by atoms with van der Waals surface area (Å²) in [5, 5.41) is 5.19. The summed E-state index contributed by atoms with van der Waals surface area (Å²) in [6, 6.07) is 4.67. The van der Waals surface area contributed by atoms with E-state index in [0.717, 1.165) is 12.1 Å². The molecule has 2 rings (SSSR count). The Bertz CT molecular complexity index is 810. The zero-order chi connectivity index (χ0) is 19.9. The van der Waals surface area contributed by atoms with E-state index in [4.69, 9.17) is 6.42 Å². The largest absolute Gasteiger partial charge is 0.355 e. The van der Waals surface area contributed by atoms with Crippen LogP contribution in [-0.2, 0) is 19.6 Å². The summed E-state index contributed by atoms with van der Waals surface area (Å²) in [4.78, 5) is 23.6. The highest BCUT2D eigenvalue weighted by Crippen LogP contribution is 2.24. The Kier molecular flexibility index (Phi) is 7.33. The lowest BCUT2D eigenvalue weighted by atomic mass is 9.97. The third-order valence-corrected chi connectivity index (χ3v) is 6.23. The summed E-state index contributed by atoms with van der Waals surface area (Å²) in [6.45, 7) is 0.762. The Hall–Kier alpha value is -2.44. The van der Waals surface area contributed by atoms with Crippen LogP contribution >= 0.6 is 0 Å². The highest BCUT2D eigenvalue weighted by Gasteiger charge is 2.32. The molecule has 0 aliphatic carbocycles. The molecule has 1 fully saturated rings. The van der Waals surface area contributed by atoms with Crippen molar-refractivity contribution in [2.75, 3.05) is 26.2 Å². The van der Waals surface area contributed by atoms with Crippen LogP contribution < -0.4 is 10.6 Å². The average Bonchev–Trinajstić information content (AvgIpc) is 2.66. The second-order valence-corrected chi connectivity index (χ2v) is 8.09. The topological polar surface area (TPSA) is 95.6 Å². The fraction of sp³-hybridized carbons (Fsp3) is 0.444. The van der Waals surface area contributed by atoms with Gasteiger partial charge in [-0.3, -0.25) is 9.59 Å². The van der Waals surface area contributed by atoms with E-state index in [9.17, 15) is 22.4 Å². The minimum absolute atomic E-state index is 0.0322. The number of carbonyl (C=O) groups is 2. The first-order valence-electron chi connectivity index (χ1n) is 8.58. The maximum Gasteiger partial charge on any atom is 0.243 e. The molecule has 146 valence electrons. The van der Waals surface area contributed by atoms with Gasteiger partial charge in [0.05, 0.1) is 11.4 Å². The molecule has 7 nitrogen and oxygen atoms in total. The molecule has 0 spiro atoms. The molecule has 1 aliphatic rings. The predicted molar refractivity (Wildman–Crippen MR) is 97.4 cm³/mol. The highest BCUT2D eigenvalue weighted by molar-refractivity contribution is 7.89. The van der Waals surface area contributed by atoms with Crippen LogP contribution in [0, 0.1) is 24.1 Å². The van der Waals surface area contributed by atoms with Crippen LogP contribution in [0.15, 0.2) is 29.2 Å². The number of carbonyl (C=O) groups excluding carboxylic acids is 2. The molecule has 1 heterocycles. The van der Waals surface area contributed by atoms with Crippen LogP contribution in [0.4, 0.5) is 4.39 Å². The first-order chi connectivity index (χ1) is 12.8. The standard InChI is InChI=1S/C18H22FN3O4S/c1-2-10-20-17(23)7-11-21-18(24)14-8-12-22(13-9-14)27(25,26)16-5-3-15(19)4-6-16/h1,3-6,14H,7-13H2,(H,20,23)(H,21,24). The molecule has 2 N–H and O–H groups in total. The summed E-state index contributed by atoms with van der Waals surface area (Å²) in [5.41, 5.74) is 0. The molecule has 1 aliphatic heterocycles. The van der Waals surface area contributed by atoms with Gasteiger partial charge in [0.25, 0.3) is 0 Å². The van der Waals surface area contributed by atoms with Gasteiger partial charge >= 0.3 is 0 Å². The van der Waals surface area contributed by atoms with Crippen molar-refractivity contribution in [1.82, 2.24) is 14.9 Å². The molecule has 0 atom stereocenters. The SMILES string of the molecule is C#CCNC(=O)CCNC(=O)C1CCN(S(=O)(=O)c2ccc(F)cc2)CC1. The van der Waals surface area contributed by atoms with Crippen molar-refractivity contribution >= 4 is 21.8 Å². The summed E-state index contributed by atoms with van der Waals surface area (Å²) < 4.78 is 39.4. The van der Waals surface area contributed by atoms with Crippen molar-refractivity contribution in [3.63, 3.8) is 0 Å². The number of terminal acetylenes is 1. The molecule has 1 aromatic carbocycles. The van der Waals surface area contributed by atoms with Crippen molar-refractivity contribution in [3.05, 3.63) is 30.1 Å². The Balaban J connectivity index is 1.80. The number of benzene rings is 1. The van der Waals surface area contributed by atoms with Gasteiger partial charge in [-0.05, 0) is 37.1 Å². The fourth-order valence-corrected chi connectivity index (χ4v) is 4.27. The summed E-state index contributed by atoms with van der Waals surface area (Å²) in [5.74, 6) is 1.04. The number of piperidine rings is 1. The second-order valence-electron chi connectivity index (χ2n) is 6.15. The number of rotatable bonds is 7. The van der Waals surface area contributed by atoms with E-state index in [1.165, 1.54) is 16.4 Å². The average molecular weight is 395 g/mol. The van der Waals surface area contributed by atoms with Crippen molar-refractivity contribution in [2.24, 2.45) is 5.92 Å². The van der Waals surface area contributed by atoms with E-state index in [1.54, 1.807) is 0 Å². The third-order valence-electron chi connectivity index (χ3n) is 4.32. The van der Waals surface area contributed by atoms with E-state index >= 15 is 0 Å². The minimum Gasteiger partial charge on any atom is -0.355 e. The van der Waals surface area contributed by atoms with Crippen molar-refractivity contribution < 1.29 is 22.4 Å². The maximum absolute atomic E-state index is 13.0. The van der Waals surface area contributed by atoms with Gasteiger partial charge in [-0.15, -0.1) is 6.42 Å². The molecular weight excluding hydrogens is 373 g/mol. The quantitative estimate of drug-likeness (QED) is 0.657. The lowest BCUT2D eigenvalue weighted by Gasteiger charge is -2.30. The Morgan fingerprint density at radius 1 is 1.19 bits per heavy atom. The molecule has 0 unspecified atom stereocenters. The van der Waals surface area contributed by atoms with Crippen LogP contribution in [-0.4, -0.2) is 50.7 Å². The first-order valence-corrected chi connectivity index (χ1v) is 10.0. The van der Waals surface area contributed by atoms with Gasteiger partial charge in [-0.1, -0.05) is 5.92 Å². The predicted octanol–water partition coefficient (Wildman–Crippen LogP) is 0.482. The van der Waals surface area contributed by atoms with Crippen molar-refractivity contribution in [2.45, 2.75) is 24.2 Å². The summed E-state index contributed by atoms with van der Waals surface area (Å²) in [7, 11) is -3.70. The zero-order valence-corrected chi connectivity index (χ0v) is 15.6. The number of amides is 2. The summed E-state index contributed by atoms with van der Waals surface area (Å²) in [6.07, 6.45) is 5.94. The van der Waals surface area contributed by atoms with E-state index in [2.05, 4.69) is 16.6 Å². The van der Waals surface area contributed by atoms with Gasteiger partial charge in [0, 0.05) is 32.0 Å². The maximum atomic E-state index is 13.0. The van der Waals surface area contributed by atoms with E-state index in [1.807, 2.05) is 0 Å². The van der Waals surface area contributed by atoms with Gasteiger partial charge in [-0.2, -0.15) is 4.31 Å². The monoisotopic (exact) mass is 395 g/mol. The van der Waals surface area contributed by atoms with Crippen molar-refractivity contribution in [1.29, 1.82) is 0 Å². The lowest BCUT2D eigenvalue weighted by molar-refractivity contribution is -0.126. The molecule has 1 saturated heterocycles. The molecular formula is C18H22FN3O4S. The molecule has 0 bridgehead atoms. The third kappa shape index (κ3) is 5.77. The highest BCUT2D eigenvalue weighted by atomic mass is 32.2. The van der Waals surface area contributed by atoms with Crippen LogP contribution in [0.5, 0.6) is 0 Å². The lowest BCUT2D eigenvalue weighted by Crippen LogP contribution is -2.43. The number of nitrogens with zero attached hydrogens (tertiary/aromatic N) is 1. The van der Waals surface area contributed by atoms with Gasteiger partial charge in [-0.25, -0.2) is 12.8 Å². The number of sulfonamides is 1. The first kappa shape index (κ1) is 20.9. The molecule has 27 heavy (non-hydrogen) atoms. The van der Waals surface area contributed by atoms with Crippen LogP contribution in [0.3, 0.4) is 0 Å². The van der Waals surface area contributed by atoms with Crippen LogP contribution in [0.2, 0.25) is 0 Å². The van der Waals surface area contributed by atoms with Gasteiger partial charge < -0.3 is 10.6 Å². The fourth-order valence-electron chi connectivity index (χ4n) is 2.80. The number of nitrogens with one attached hydrogen (secondary N) is 2. The molecule has 0 aromatic heterocycles. The second kappa shape index (κ2) is 9.48.